The van der Waals surface area contributed by atoms with Crippen LogP contribution in [0.15, 0.2) is 82.1 Å². The number of rotatable bonds is 6. The molecule has 0 aliphatic rings. The Bertz CT molecular complexity index is 1050. The van der Waals surface area contributed by atoms with Gasteiger partial charge in [-0.25, -0.2) is 4.98 Å². The molecule has 0 fully saturated rings. The second-order valence-corrected chi connectivity index (χ2v) is 7.70. The number of benzene rings is 3. The zero-order valence-electron chi connectivity index (χ0n) is 15.5. The average molecular weight is 388 g/mol. The minimum absolute atomic E-state index is 0.0366. The van der Waals surface area contributed by atoms with Gasteiger partial charge in [0.2, 0.25) is 11.8 Å². The maximum atomic E-state index is 12.3. The Labute approximate surface area is 168 Å². The fourth-order valence-electron chi connectivity index (χ4n) is 2.95. The molecule has 1 amide bonds. The highest BCUT2D eigenvalue weighted by Gasteiger charge is 2.09. The summed E-state index contributed by atoms with van der Waals surface area (Å²) in [4.78, 5) is 18.0. The van der Waals surface area contributed by atoms with E-state index in [0.717, 1.165) is 33.7 Å². The van der Waals surface area contributed by atoms with Crippen LogP contribution in [0.3, 0.4) is 0 Å². The fourth-order valence-corrected chi connectivity index (χ4v) is 3.61. The summed E-state index contributed by atoms with van der Waals surface area (Å²) in [6, 6.07) is 23.3. The molecule has 0 aliphatic heterocycles. The number of para-hydroxylation sites is 2. The lowest BCUT2D eigenvalue weighted by Gasteiger charge is -2.06. The third-order valence-corrected chi connectivity index (χ3v) is 5.20. The Hall–Kier alpha value is -3.05. The summed E-state index contributed by atoms with van der Waals surface area (Å²) in [5.74, 6) is 1.58. The topological polar surface area (TPSA) is 55.1 Å². The molecule has 1 aromatic heterocycles. The van der Waals surface area contributed by atoms with E-state index in [4.69, 9.17) is 4.42 Å². The first kappa shape index (κ1) is 18.3. The minimum atomic E-state index is -0.0366. The molecule has 0 saturated carbocycles. The van der Waals surface area contributed by atoms with Gasteiger partial charge in [0.25, 0.3) is 0 Å². The van der Waals surface area contributed by atoms with Crippen LogP contribution in [0.5, 0.6) is 0 Å². The fraction of sp³-hybridized carbons (Fsp3) is 0.130. The van der Waals surface area contributed by atoms with Crippen molar-refractivity contribution in [2.24, 2.45) is 0 Å². The van der Waals surface area contributed by atoms with Gasteiger partial charge in [0.15, 0.2) is 5.58 Å². The Balaban J connectivity index is 1.40. The van der Waals surface area contributed by atoms with E-state index < -0.39 is 0 Å². The van der Waals surface area contributed by atoms with Gasteiger partial charge in [0.1, 0.15) is 5.52 Å². The van der Waals surface area contributed by atoms with Crippen molar-refractivity contribution in [3.63, 3.8) is 0 Å². The molecule has 1 heterocycles. The number of carbonyl (C=O) groups is 1. The lowest BCUT2D eigenvalue weighted by molar-refractivity contribution is -0.115. The number of hydrogen-bond acceptors (Lipinski definition) is 4. The van der Waals surface area contributed by atoms with E-state index in [-0.39, 0.29) is 5.91 Å². The third-order valence-electron chi connectivity index (χ3n) is 4.31. The minimum Gasteiger partial charge on any atom is -0.436 e. The molecule has 5 heteroatoms. The number of aromatic nitrogens is 1. The van der Waals surface area contributed by atoms with Gasteiger partial charge in [-0.05, 0) is 59.8 Å². The predicted octanol–water partition coefficient (Wildman–Crippen LogP) is 5.79. The molecule has 3 aromatic carbocycles. The number of oxazole rings is 1. The molecular weight excluding hydrogens is 368 g/mol. The Morgan fingerprint density at radius 2 is 1.75 bits per heavy atom. The SMILES string of the molecule is CCSc1ccc(CC(=O)Nc2ccc(-c3nc4ccccc4o3)cc2)cc1. The summed E-state index contributed by atoms with van der Waals surface area (Å²) in [7, 11) is 0. The van der Waals surface area contributed by atoms with Gasteiger partial charge in [0.05, 0.1) is 6.42 Å². The summed E-state index contributed by atoms with van der Waals surface area (Å²) in [5, 5.41) is 2.94. The number of amides is 1. The van der Waals surface area contributed by atoms with Gasteiger partial charge in [0, 0.05) is 16.1 Å². The first-order valence-electron chi connectivity index (χ1n) is 9.19. The van der Waals surface area contributed by atoms with Crippen LogP contribution < -0.4 is 5.32 Å². The highest BCUT2D eigenvalue weighted by Crippen LogP contribution is 2.25. The first-order valence-corrected chi connectivity index (χ1v) is 10.2. The number of carbonyl (C=O) groups excluding carboxylic acids is 1. The molecule has 0 bridgehead atoms. The number of nitrogens with zero attached hydrogens (tertiary/aromatic N) is 1. The largest absolute Gasteiger partial charge is 0.436 e. The van der Waals surface area contributed by atoms with Crippen LogP contribution in [0.2, 0.25) is 0 Å². The highest BCUT2D eigenvalue weighted by molar-refractivity contribution is 7.99. The van der Waals surface area contributed by atoms with Crippen molar-refractivity contribution in [1.82, 2.24) is 4.98 Å². The molecule has 0 atom stereocenters. The Morgan fingerprint density at radius 3 is 2.46 bits per heavy atom. The summed E-state index contributed by atoms with van der Waals surface area (Å²) >= 11 is 1.79. The summed E-state index contributed by atoms with van der Waals surface area (Å²) in [6.07, 6.45) is 0.351. The molecule has 0 aliphatic carbocycles. The number of nitrogens with one attached hydrogen (secondary N) is 1. The summed E-state index contributed by atoms with van der Waals surface area (Å²) in [5.41, 5.74) is 4.22. The van der Waals surface area contributed by atoms with E-state index in [1.165, 1.54) is 4.90 Å². The van der Waals surface area contributed by atoms with E-state index >= 15 is 0 Å². The van der Waals surface area contributed by atoms with E-state index in [9.17, 15) is 4.79 Å². The van der Waals surface area contributed by atoms with Gasteiger partial charge >= 0.3 is 0 Å². The maximum absolute atomic E-state index is 12.3. The molecule has 0 saturated heterocycles. The maximum Gasteiger partial charge on any atom is 0.228 e. The van der Waals surface area contributed by atoms with Gasteiger partial charge in [-0.2, -0.15) is 0 Å². The van der Waals surface area contributed by atoms with Crippen molar-refractivity contribution in [2.45, 2.75) is 18.2 Å². The van der Waals surface area contributed by atoms with Crippen molar-refractivity contribution in [2.75, 3.05) is 11.1 Å². The van der Waals surface area contributed by atoms with Crippen molar-refractivity contribution >= 4 is 34.5 Å². The van der Waals surface area contributed by atoms with E-state index in [2.05, 4.69) is 29.4 Å². The summed E-state index contributed by atoms with van der Waals surface area (Å²) in [6.45, 7) is 2.13. The van der Waals surface area contributed by atoms with Gasteiger partial charge in [-0.3, -0.25) is 4.79 Å². The van der Waals surface area contributed by atoms with Crippen molar-refractivity contribution in [3.05, 3.63) is 78.4 Å². The molecular formula is C23H20N2O2S. The van der Waals surface area contributed by atoms with Gasteiger partial charge < -0.3 is 9.73 Å². The van der Waals surface area contributed by atoms with Crippen molar-refractivity contribution in [1.29, 1.82) is 0 Å². The van der Waals surface area contributed by atoms with Crippen LogP contribution in [0, 0.1) is 0 Å². The normalized spacial score (nSPS) is 10.9. The number of fused-ring (bicyclic) bond motifs is 1. The lowest BCUT2D eigenvalue weighted by atomic mass is 10.1. The van der Waals surface area contributed by atoms with E-state index in [1.54, 1.807) is 11.8 Å². The zero-order chi connectivity index (χ0) is 19.3. The molecule has 28 heavy (non-hydrogen) atoms. The average Bonchev–Trinajstić information content (AvgIpc) is 3.14. The zero-order valence-corrected chi connectivity index (χ0v) is 16.3. The van der Waals surface area contributed by atoms with Crippen LogP contribution >= 0.6 is 11.8 Å². The second-order valence-electron chi connectivity index (χ2n) is 6.37. The van der Waals surface area contributed by atoms with Crippen LogP contribution in [0.25, 0.3) is 22.6 Å². The first-order chi connectivity index (χ1) is 13.7. The summed E-state index contributed by atoms with van der Waals surface area (Å²) < 4.78 is 5.78. The second kappa shape index (κ2) is 8.31. The van der Waals surface area contributed by atoms with Crippen LogP contribution in [-0.2, 0) is 11.2 Å². The van der Waals surface area contributed by atoms with Crippen LogP contribution in [0.1, 0.15) is 12.5 Å². The Kier molecular flexibility index (Phi) is 5.44. The van der Waals surface area contributed by atoms with Crippen molar-refractivity contribution in [3.8, 4) is 11.5 Å². The molecule has 4 rings (SSSR count). The molecule has 1 N–H and O–H groups in total. The lowest BCUT2D eigenvalue weighted by Crippen LogP contribution is -2.14. The monoisotopic (exact) mass is 388 g/mol. The van der Waals surface area contributed by atoms with Gasteiger partial charge in [-0.15, -0.1) is 11.8 Å². The van der Waals surface area contributed by atoms with Gasteiger partial charge in [-0.1, -0.05) is 31.2 Å². The quantitative estimate of drug-likeness (QED) is 0.425. The molecule has 0 radical (unpaired) electrons. The third kappa shape index (κ3) is 4.26. The molecule has 4 aromatic rings. The van der Waals surface area contributed by atoms with Crippen LogP contribution in [-0.4, -0.2) is 16.6 Å². The van der Waals surface area contributed by atoms with Crippen molar-refractivity contribution < 1.29 is 9.21 Å². The molecule has 0 unspecified atom stereocenters. The number of anilines is 1. The number of hydrogen-bond donors (Lipinski definition) is 1. The smallest absolute Gasteiger partial charge is 0.228 e. The highest BCUT2D eigenvalue weighted by atomic mass is 32.2. The predicted molar refractivity (Wildman–Crippen MR) is 115 cm³/mol. The Morgan fingerprint density at radius 1 is 1.00 bits per heavy atom. The number of thioether (sulfide) groups is 1. The van der Waals surface area contributed by atoms with Crippen LogP contribution in [0.4, 0.5) is 5.69 Å². The molecule has 4 nitrogen and oxygen atoms in total. The van der Waals surface area contributed by atoms with E-state index in [0.29, 0.717) is 12.3 Å². The molecule has 0 spiro atoms. The standard InChI is InChI=1S/C23H20N2O2S/c1-2-28-19-13-7-16(8-14-19)15-22(26)24-18-11-9-17(10-12-18)23-25-20-5-3-4-6-21(20)27-23/h3-14H,2,15H2,1H3,(H,24,26). The molecule has 140 valence electrons. The van der Waals surface area contributed by atoms with E-state index in [1.807, 2.05) is 60.7 Å².